The summed E-state index contributed by atoms with van der Waals surface area (Å²) in [6.45, 7) is 1.41. The molecule has 1 fully saturated rings. The van der Waals surface area contributed by atoms with E-state index in [1.807, 2.05) is 24.3 Å². The molecule has 2 aromatic rings. The molecule has 2 amide bonds. The summed E-state index contributed by atoms with van der Waals surface area (Å²) in [5.74, 6) is 2.63. The van der Waals surface area contributed by atoms with Crippen molar-refractivity contribution in [1.82, 2.24) is 20.4 Å². The number of rotatable bonds is 10. The van der Waals surface area contributed by atoms with Gasteiger partial charge in [0.1, 0.15) is 12.3 Å². The first-order valence-electron chi connectivity index (χ1n) is 9.31. The Bertz CT molecular complexity index is 793. The highest BCUT2D eigenvalue weighted by atomic mass is 32.2. The Morgan fingerprint density at radius 2 is 2.11 bits per heavy atom. The smallest absolute Gasteiger partial charge is 0.282 e. The van der Waals surface area contributed by atoms with Crippen LogP contribution in [-0.2, 0) is 11.2 Å². The lowest BCUT2D eigenvalue weighted by Crippen LogP contribution is -2.37. The lowest BCUT2D eigenvalue weighted by molar-refractivity contribution is -0.121. The van der Waals surface area contributed by atoms with E-state index in [-0.39, 0.29) is 17.7 Å². The highest BCUT2D eigenvalue weighted by Crippen LogP contribution is 2.20. The van der Waals surface area contributed by atoms with E-state index in [9.17, 15) is 9.59 Å². The Balaban J connectivity index is 1.30. The Kier molecular flexibility index (Phi) is 7.30. The van der Waals surface area contributed by atoms with Crippen molar-refractivity contribution in [1.29, 1.82) is 0 Å². The van der Waals surface area contributed by atoms with Crippen molar-refractivity contribution in [3.63, 3.8) is 0 Å². The first-order valence-corrected chi connectivity index (χ1v) is 10.3. The number of unbranched alkanes of at least 4 members (excludes halogenated alkanes) is 2. The van der Waals surface area contributed by atoms with Crippen molar-refractivity contribution in [2.24, 2.45) is 0 Å². The standard InChI is InChI=1S/C19H24N4O4S/c1-26-15-8-6-14(7-9-15)18-21-17(27-22-18)5-3-2-4-10-20-16(24)13-23-11-12-28-19(23)25/h6-9H,2-5,10-13H2,1H3,(H,20,24). The molecule has 8 nitrogen and oxygen atoms in total. The molecule has 28 heavy (non-hydrogen) atoms. The molecule has 0 radical (unpaired) electrons. The Morgan fingerprint density at radius 1 is 1.29 bits per heavy atom. The second-order valence-corrected chi connectivity index (χ2v) is 7.48. The molecule has 9 heteroatoms. The maximum atomic E-state index is 11.8. The third kappa shape index (κ3) is 5.72. The van der Waals surface area contributed by atoms with Crippen molar-refractivity contribution in [2.75, 3.05) is 32.5 Å². The number of benzene rings is 1. The normalized spacial score (nSPS) is 13.8. The summed E-state index contributed by atoms with van der Waals surface area (Å²) >= 11 is 1.26. The van der Waals surface area contributed by atoms with Gasteiger partial charge in [-0.2, -0.15) is 4.98 Å². The molecule has 0 saturated carbocycles. The zero-order chi connectivity index (χ0) is 19.8. The van der Waals surface area contributed by atoms with Crippen LogP contribution in [0.25, 0.3) is 11.4 Å². The number of thioether (sulfide) groups is 1. The molecule has 1 aromatic carbocycles. The summed E-state index contributed by atoms with van der Waals surface area (Å²) in [4.78, 5) is 29.3. The number of hydrogen-bond acceptors (Lipinski definition) is 7. The minimum absolute atomic E-state index is 0.0104. The number of hydrogen-bond donors (Lipinski definition) is 1. The van der Waals surface area contributed by atoms with E-state index >= 15 is 0 Å². The molecule has 2 heterocycles. The second kappa shape index (κ2) is 10.1. The number of nitrogens with one attached hydrogen (secondary N) is 1. The monoisotopic (exact) mass is 404 g/mol. The predicted molar refractivity (Wildman–Crippen MR) is 106 cm³/mol. The quantitative estimate of drug-likeness (QED) is 0.608. The first-order chi connectivity index (χ1) is 13.7. The molecule has 3 rings (SSSR count). The van der Waals surface area contributed by atoms with Crippen LogP contribution in [0.4, 0.5) is 4.79 Å². The van der Waals surface area contributed by atoms with Gasteiger partial charge in [-0.25, -0.2) is 0 Å². The summed E-state index contributed by atoms with van der Waals surface area (Å²) in [6, 6.07) is 7.51. The maximum Gasteiger partial charge on any atom is 0.282 e. The fourth-order valence-electron chi connectivity index (χ4n) is 2.82. The minimum Gasteiger partial charge on any atom is -0.497 e. The molecular weight excluding hydrogens is 380 g/mol. The van der Waals surface area contributed by atoms with Gasteiger partial charge in [0.25, 0.3) is 5.24 Å². The average molecular weight is 404 g/mol. The highest BCUT2D eigenvalue weighted by Gasteiger charge is 2.22. The lowest BCUT2D eigenvalue weighted by atomic mass is 10.2. The lowest BCUT2D eigenvalue weighted by Gasteiger charge is -2.13. The third-order valence-corrected chi connectivity index (χ3v) is 5.28. The van der Waals surface area contributed by atoms with Crippen LogP contribution in [-0.4, -0.2) is 58.7 Å². The Morgan fingerprint density at radius 3 is 2.82 bits per heavy atom. The number of aryl methyl sites for hydroxylation is 1. The second-order valence-electron chi connectivity index (χ2n) is 6.44. The molecule has 0 unspecified atom stereocenters. The number of carbonyl (C=O) groups excluding carboxylic acids is 2. The van der Waals surface area contributed by atoms with Crippen LogP contribution in [0.2, 0.25) is 0 Å². The van der Waals surface area contributed by atoms with Crippen LogP contribution < -0.4 is 10.1 Å². The van der Waals surface area contributed by atoms with E-state index < -0.39 is 0 Å². The average Bonchev–Trinajstić information content (AvgIpc) is 3.34. The number of nitrogens with zero attached hydrogens (tertiary/aromatic N) is 3. The molecule has 1 aromatic heterocycles. The predicted octanol–water partition coefficient (Wildman–Crippen LogP) is 2.74. The van der Waals surface area contributed by atoms with E-state index in [4.69, 9.17) is 9.26 Å². The summed E-state index contributed by atoms with van der Waals surface area (Å²) in [6.07, 6.45) is 3.42. The van der Waals surface area contributed by atoms with Gasteiger partial charge in [-0.15, -0.1) is 0 Å². The van der Waals surface area contributed by atoms with Crippen LogP contribution in [0, 0.1) is 0 Å². The van der Waals surface area contributed by atoms with Crippen molar-refractivity contribution in [3.05, 3.63) is 30.2 Å². The molecule has 150 valence electrons. The van der Waals surface area contributed by atoms with Gasteiger partial charge in [-0.1, -0.05) is 23.3 Å². The summed E-state index contributed by atoms with van der Waals surface area (Å²) < 4.78 is 10.4. The van der Waals surface area contributed by atoms with Gasteiger partial charge in [0.2, 0.25) is 17.6 Å². The van der Waals surface area contributed by atoms with Gasteiger partial charge in [0.05, 0.1) is 7.11 Å². The molecule has 0 aliphatic carbocycles. The highest BCUT2D eigenvalue weighted by molar-refractivity contribution is 8.13. The van der Waals surface area contributed by atoms with Gasteiger partial charge < -0.3 is 19.5 Å². The van der Waals surface area contributed by atoms with Crippen LogP contribution >= 0.6 is 11.8 Å². The number of carbonyl (C=O) groups is 2. The molecule has 0 spiro atoms. The largest absolute Gasteiger partial charge is 0.497 e. The van der Waals surface area contributed by atoms with Crippen molar-refractivity contribution < 1.29 is 18.8 Å². The summed E-state index contributed by atoms with van der Waals surface area (Å²) in [5, 5.41) is 6.87. The van der Waals surface area contributed by atoms with Gasteiger partial charge in [0.15, 0.2) is 0 Å². The molecule has 1 aliphatic heterocycles. The van der Waals surface area contributed by atoms with E-state index in [0.29, 0.717) is 31.2 Å². The number of aromatic nitrogens is 2. The van der Waals surface area contributed by atoms with E-state index in [0.717, 1.165) is 36.3 Å². The van der Waals surface area contributed by atoms with Crippen molar-refractivity contribution >= 4 is 22.9 Å². The minimum atomic E-state index is -0.100. The first kappa shape index (κ1) is 20.2. The molecule has 0 atom stereocenters. The topological polar surface area (TPSA) is 97.6 Å². The SMILES string of the molecule is COc1ccc(-c2noc(CCCCCNC(=O)CN3CCSC3=O)n2)cc1. The number of ether oxygens (including phenoxy) is 1. The summed E-state index contributed by atoms with van der Waals surface area (Å²) in [7, 11) is 1.63. The molecule has 1 N–H and O–H groups in total. The Hall–Kier alpha value is -2.55. The van der Waals surface area contributed by atoms with Crippen molar-refractivity contribution in [3.8, 4) is 17.1 Å². The van der Waals surface area contributed by atoms with Crippen molar-refractivity contribution in [2.45, 2.75) is 25.7 Å². The van der Waals surface area contributed by atoms with E-state index in [1.165, 1.54) is 11.8 Å². The van der Waals surface area contributed by atoms with Gasteiger partial charge in [-0.3, -0.25) is 9.59 Å². The van der Waals surface area contributed by atoms with Crippen LogP contribution in [0.15, 0.2) is 28.8 Å². The molecule has 0 bridgehead atoms. The van der Waals surface area contributed by atoms with E-state index in [2.05, 4.69) is 15.5 Å². The molecule has 1 saturated heterocycles. The number of amides is 2. The molecule has 1 aliphatic rings. The zero-order valence-corrected chi connectivity index (χ0v) is 16.7. The fourth-order valence-corrected chi connectivity index (χ4v) is 3.64. The van der Waals surface area contributed by atoms with Gasteiger partial charge in [0, 0.05) is 30.8 Å². The number of methoxy groups -OCH3 is 1. The van der Waals surface area contributed by atoms with Crippen LogP contribution in [0.5, 0.6) is 5.75 Å². The van der Waals surface area contributed by atoms with Crippen LogP contribution in [0.3, 0.4) is 0 Å². The molecular formula is C19H24N4O4S. The fraction of sp³-hybridized carbons (Fsp3) is 0.474. The Labute approximate surface area is 168 Å². The third-order valence-electron chi connectivity index (χ3n) is 4.39. The zero-order valence-electron chi connectivity index (χ0n) is 15.8. The maximum absolute atomic E-state index is 11.8. The van der Waals surface area contributed by atoms with E-state index in [1.54, 1.807) is 12.0 Å². The van der Waals surface area contributed by atoms with Gasteiger partial charge in [-0.05, 0) is 37.1 Å². The van der Waals surface area contributed by atoms with Crippen LogP contribution in [0.1, 0.15) is 25.2 Å². The summed E-state index contributed by atoms with van der Waals surface area (Å²) in [5.41, 5.74) is 0.883. The van der Waals surface area contributed by atoms with Gasteiger partial charge >= 0.3 is 0 Å².